The fraction of sp³-hybridized carbons (Fsp3) is 0.667. The van der Waals surface area contributed by atoms with Crippen LogP contribution in [0.3, 0.4) is 0 Å². The highest BCUT2D eigenvalue weighted by Gasteiger charge is 2.31. The lowest BCUT2D eigenvalue weighted by molar-refractivity contribution is 0.0130. The summed E-state index contributed by atoms with van der Waals surface area (Å²) in [6.45, 7) is 5.81. The summed E-state index contributed by atoms with van der Waals surface area (Å²) in [5.74, 6) is 0.918. The number of aliphatic hydroxyl groups excluding tert-OH is 1. The molecule has 25 heavy (non-hydrogen) atoms. The van der Waals surface area contributed by atoms with Gasteiger partial charge >= 0.3 is 0 Å². The molecule has 0 spiro atoms. The third-order valence-corrected chi connectivity index (χ3v) is 4.98. The smallest absolute Gasteiger partial charge is 0.254 e. The first-order valence-electron chi connectivity index (χ1n) is 8.90. The highest BCUT2D eigenvalue weighted by Crippen LogP contribution is 2.25. The maximum Gasteiger partial charge on any atom is 0.254 e. The first-order valence-corrected chi connectivity index (χ1v) is 8.90. The summed E-state index contributed by atoms with van der Waals surface area (Å²) in [4.78, 5) is 21.2. The zero-order valence-electron chi connectivity index (χ0n) is 14.8. The van der Waals surface area contributed by atoms with Crippen LogP contribution in [0.15, 0.2) is 18.3 Å². The predicted molar refractivity (Wildman–Crippen MR) is 92.6 cm³/mol. The lowest BCUT2D eigenvalue weighted by atomic mass is 9.88. The van der Waals surface area contributed by atoms with Crippen molar-refractivity contribution in [3.63, 3.8) is 0 Å². The molecule has 0 bridgehead atoms. The van der Waals surface area contributed by atoms with Crippen molar-refractivity contribution in [3.8, 4) is 5.88 Å². The predicted octanol–water partition coefficient (Wildman–Crippen LogP) is 0.493. The van der Waals surface area contributed by atoms with E-state index in [1.165, 1.54) is 7.11 Å². The maximum atomic E-state index is 12.9. The van der Waals surface area contributed by atoms with E-state index in [2.05, 4.69) is 9.88 Å². The summed E-state index contributed by atoms with van der Waals surface area (Å²) in [6, 6.07) is 3.38. The van der Waals surface area contributed by atoms with Crippen LogP contribution in [0.4, 0.5) is 0 Å². The van der Waals surface area contributed by atoms with Gasteiger partial charge in [-0.25, -0.2) is 4.98 Å². The maximum absolute atomic E-state index is 12.9. The standard InChI is InChI=1S/C18H27N3O4/c1-24-17-9-16(2-3-19-17)18(23)21-11-14(8-15(12-21)13-22)10-20-4-6-25-7-5-20/h2-3,9,14-15,22H,4-8,10-13H2,1H3/t14-,15+/m1/s1. The van der Waals surface area contributed by atoms with Gasteiger partial charge in [0.1, 0.15) is 0 Å². The number of pyridine rings is 1. The van der Waals surface area contributed by atoms with Crippen molar-refractivity contribution in [2.75, 3.05) is 59.7 Å². The van der Waals surface area contributed by atoms with Crippen LogP contribution in [0.2, 0.25) is 0 Å². The number of carbonyl (C=O) groups is 1. The van der Waals surface area contributed by atoms with Crippen molar-refractivity contribution >= 4 is 5.91 Å². The van der Waals surface area contributed by atoms with Gasteiger partial charge in [-0.1, -0.05) is 0 Å². The Morgan fingerprint density at radius 3 is 2.84 bits per heavy atom. The average Bonchev–Trinajstić information content (AvgIpc) is 2.68. The molecule has 0 aliphatic carbocycles. The zero-order chi connectivity index (χ0) is 17.6. The normalized spacial score (nSPS) is 25.0. The van der Waals surface area contributed by atoms with Crippen molar-refractivity contribution < 1.29 is 19.4 Å². The van der Waals surface area contributed by atoms with E-state index in [0.717, 1.165) is 45.8 Å². The van der Waals surface area contributed by atoms with Gasteiger partial charge in [-0.2, -0.15) is 0 Å². The van der Waals surface area contributed by atoms with Crippen LogP contribution < -0.4 is 4.74 Å². The number of likely N-dealkylation sites (tertiary alicyclic amines) is 1. The van der Waals surface area contributed by atoms with Crippen molar-refractivity contribution in [2.45, 2.75) is 6.42 Å². The van der Waals surface area contributed by atoms with E-state index in [1.54, 1.807) is 18.3 Å². The molecule has 1 amide bonds. The quantitative estimate of drug-likeness (QED) is 0.834. The number of nitrogens with zero attached hydrogens (tertiary/aromatic N) is 3. The second-order valence-corrected chi connectivity index (χ2v) is 6.86. The molecule has 7 heteroatoms. The summed E-state index contributed by atoms with van der Waals surface area (Å²) in [6.07, 6.45) is 2.54. The molecule has 1 aromatic heterocycles. The molecule has 2 fully saturated rings. The Bertz CT molecular complexity index is 577. The molecule has 2 aliphatic heterocycles. The number of rotatable bonds is 5. The Hall–Kier alpha value is -1.70. The average molecular weight is 349 g/mol. The number of piperidine rings is 1. The van der Waals surface area contributed by atoms with Crippen LogP contribution in [0.5, 0.6) is 5.88 Å². The molecule has 0 aromatic carbocycles. The van der Waals surface area contributed by atoms with E-state index >= 15 is 0 Å². The molecule has 7 nitrogen and oxygen atoms in total. The number of hydrogen-bond acceptors (Lipinski definition) is 6. The van der Waals surface area contributed by atoms with Crippen LogP contribution >= 0.6 is 0 Å². The van der Waals surface area contributed by atoms with Gasteiger partial charge in [-0.05, 0) is 24.3 Å². The van der Waals surface area contributed by atoms with Crippen LogP contribution in [0.1, 0.15) is 16.8 Å². The molecule has 2 saturated heterocycles. The lowest BCUT2D eigenvalue weighted by Crippen LogP contribution is -2.49. The summed E-state index contributed by atoms with van der Waals surface area (Å²) < 4.78 is 10.5. The van der Waals surface area contributed by atoms with Gasteiger partial charge in [0.15, 0.2) is 0 Å². The monoisotopic (exact) mass is 349 g/mol. The van der Waals surface area contributed by atoms with E-state index in [9.17, 15) is 9.90 Å². The first-order chi connectivity index (χ1) is 12.2. The van der Waals surface area contributed by atoms with Gasteiger partial charge in [-0.15, -0.1) is 0 Å². The minimum Gasteiger partial charge on any atom is -0.481 e. The molecular formula is C18H27N3O4. The SMILES string of the molecule is COc1cc(C(=O)N2C[C@@H](CN3CCOCC3)C[C@H](CO)C2)ccn1. The third kappa shape index (κ3) is 4.68. The second-order valence-electron chi connectivity index (χ2n) is 6.86. The molecule has 0 radical (unpaired) electrons. The Kier molecular flexibility index (Phi) is 6.23. The van der Waals surface area contributed by atoms with Gasteiger partial charge in [-0.3, -0.25) is 9.69 Å². The van der Waals surface area contributed by atoms with Crippen molar-refractivity contribution in [3.05, 3.63) is 23.9 Å². The molecule has 2 atom stereocenters. The minimum absolute atomic E-state index is 0.0224. The van der Waals surface area contributed by atoms with E-state index in [4.69, 9.17) is 9.47 Å². The number of carbonyl (C=O) groups excluding carboxylic acids is 1. The molecule has 1 N–H and O–H groups in total. The fourth-order valence-electron chi connectivity index (χ4n) is 3.73. The van der Waals surface area contributed by atoms with E-state index in [0.29, 0.717) is 23.9 Å². The van der Waals surface area contributed by atoms with Crippen molar-refractivity contribution in [2.24, 2.45) is 11.8 Å². The molecule has 138 valence electrons. The Morgan fingerprint density at radius 2 is 2.12 bits per heavy atom. The van der Waals surface area contributed by atoms with Gasteiger partial charge in [0.05, 0.1) is 20.3 Å². The highest BCUT2D eigenvalue weighted by molar-refractivity contribution is 5.94. The third-order valence-electron chi connectivity index (χ3n) is 4.98. The number of hydrogen-bond donors (Lipinski definition) is 1. The Balaban J connectivity index is 1.67. The Labute approximate surface area is 148 Å². The van der Waals surface area contributed by atoms with Gasteiger partial charge in [0.25, 0.3) is 5.91 Å². The molecule has 3 heterocycles. The molecule has 1 aromatic rings. The summed E-state index contributed by atoms with van der Waals surface area (Å²) >= 11 is 0. The number of methoxy groups -OCH3 is 1. The van der Waals surface area contributed by atoms with Gasteiger partial charge in [0, 0.05) is 57.2 Å². The van der Waals surface area contributed by atoms with Gasteiger partial charge in [0.2, 0.25) is 5.88 Å². The Morgan fingerprint density at radius 1 is 1.36 bits per heavy atom. The summed E-state index contributed by atoms with van der Waals surface area (Å²) in [5.41, 5.74) is 0.579. The van der Waals surface area contributed by atoms with Gasteiger partial charge < -0.3 is 19.5 Å². The number of morpholine rings is 1. The zero-order valence-corrected chi connectivity index (χ0v) is 14.8. The van der Waals surface area contributed by atoms with Crippen LogP contribution in [0, 0.1) is 11.8 Å². The largest absolute Gasteiger partial charge is 0.481 e. The number of amides is 1. The fourth-order valence-corrected chi connectivity index (χ4v) is 3.73. The topological polar surface area (TPSA) is 75.1 Å². The first kappa shape index (κ1) is 18.1. The highest BCUT2D eigenvalue weighted by atomic mass is 16.5. The van der Waals surface area contributed by atoms with Crippen LogP contribution in [0.25, 0.3) is 0 Å². The van der Waals surface area contributed by atoms with Crippen LogP contribution in [-0.4, -0.2) is 85.5 Å². The summed E-state index contributed by atoms with van der Waals surface area (Å²) in [7, 11) is 1.54. The van der Waals surface area contributed by atoms with E-state index in [-0.39, 0.29) is 18.4 Å². The number of aromatic nitrogens is 1. The number of ether oxygens (including phenoxy) is 2. The van der Waals surface area contributed by atoms with Crippen molar-refractivity contribution in [1.29, 1.82) is 0 Å². The summed E-state index contributed by atoms with van der Waals surface area (Å²) in [5, 5.41) is 9.67. The molecule has 0 saturated carbocycles. The van der Waals surface area contributed by atoms with Crippen LogP contribution in [-0.2, 0) is 4.74 Å². The van der Waals surface area contributed by atoms with Crippen molar-refractivity contribution in [1.82, 2.24) is 14.8 Å². The molecular weight excluding hydrogens is 322 g/mol. The second kappa shape index (κ2) is 8.60. The molecule has 0 unspecified atom stereocenters. The molecule has 3 rings (SSSR count). The van der Waals surface area contributed by atoms with E-state index in [1.807, 2.05) is 4.90 Å². The lowest BCUT2D eigenvalue weighted by Gasteiger charge is -2.40. The molecule has 2 aliphatic rings. The number of aliphatic hydroxyl groups is 1. The minimum atomic E-state index is -0.0224. The van der Waals surface area contributed by atoms with E-state index < -0.39 is 0 Å².